The van der Waals surface area contributed by atoms with Crippen LogP contribution in [0.15, 0.2) is 54.6 Å². The van der Waals surface area contributed by atoms with Crippen LogP contribution in [0.2, 0.25) is 0 Å². The van der Waals surface area contributed by atoms with E-state index in [0.29, 0.717) is 51.5 Å². The molecule has 0 bridgehead atoms. The minimum atomic E-state index is -0.581. The van der Waals surface area contributed by atoms with Gasteiger partial charge in [-0.3, -0.25) is 4.79 Å². The first-order chi connectivity index (χ1) is 22.8. The summed E-state index contributed by atoms with van der Waals surface area (Å²) in [5, 5.41) is 62.4. The Morgan fingerprint density at radius 2 is 0.915 bits per heavy atom. The predicted molar refractivity (Wildman–Crippen MR) is 176 cm³/mol. The third-order valence-electron chi connectivity index (χ3n) is 8.09. The number of aromatic hydroxyl groups is 3. The van der Waals surface area contributed by atoms with E-state index in [2.05, 4.69) is 44.4 Å². The number of carbonyl (C=O) groups is 1. The normalized spacial score (nSPS) is 11.7. The molecule has 0 radical (unpaired) electrons. The molecule has 3 aromatic heterocycles. The number of aromatic nitrogens is 9. The summed E-state index contributed by atoms with van der Waals surface area (Å²) in [5.74, 6) is -1.75. The van der Waals surface area contributed by atoms with E-state index in [0.717, 1.165) is 51.2 Å². The molecule has 0 fully saturated rings. The largest absolute Gasteiger partial charge is 0.504 e. The number of aryl methyl sites for hydroxylation is 2. The zero-order valence-corrected chi connectivity index (χ0v) is 26.2. The SMILES string of the molecule is CCCC(=O)c1ccc2nn(-c3c(O)c(-n4nc5ccc(CCC)cc5n4)c(O)c(-n4nc5ccc(CCC)cc5n4)c3O)nc2c1. The molecule has 0 saturated carbocycles. The van der Waals surface area contributed by atoms with Crippen LogP contribution in [0.5, 0.6) is 17.2 Å². The standard InChI is InChI=1S/C34H33N9O4/c1-4-7-19-10-13-22-25(16-19)38-41(35-22)29-32(45)30(42-36-23-14-11-20(8-5-2)17-26(23)39-42)34(47)31(33(29)46)43-37-24-15-12-21(18-27(24)40-43)28(44)9-6-3/h10-18,45-47H,4-9H2,1-3H3. The van der Waals surface area contributed by atoms with Crippen molar-refractivity contribution < 1.29 is 20.1 Å². The Bertz CT molecular complexity index is 2210. The Labute approximate surface area is 268 Å². The predicted octanol–water partition coefficient (Wildman–Crippen LogP) is 5.89. The van der Waals surface area contributed by atoms with Gasteiger partial charge in [0.1, 0.15) is 33.1 Å². The highest BCUT2D eigenvalue weighted by Gasteiger charge is 2.31. The fourth-order valence-electron chi connectivity index (χ4n) is 5.81. The van der Waals surface area contributed by atoms with E-state index in [-0.39, 0.29) is 22.8 Å². The van der Waals surface area contributed by atoms with Crippen LogP contribution in [0.25, 0.3) is 50.2 Å². The number of hydrogen-bond donors (Lipinski definition) is 3. The summed E-state index contributed by atoms with van der Waals surface area (Å²) in [6.45, 7) is 6.11. The molecule has 0 aliphatic rings. The average Bonchev–Trinajstić information content (AvgIpc) is 3.77. The summed E-state index contributed by atoms with van der Waals surface area (Å²) in [4.78, 5) is 15.9. The number of fused-ring (bicyclic) bond motifs is 3. The van der Waals surface area contributed by atoms with Gasteiger partial charge in [-0.05, 0) is 72.9 Å². The van der Waals surface area contributed by atoms with Gasteiger partial charge in [0.25, 0.3) is 0 Å². The van der Waals surface area contributed by atoms with Crippen LogP contribution >= 0.6 is 0 Å². The van der Waals surface area contributed by atoms with Gasteiger partial charge in [0.2, 0.25) is 0 Å². The summed E-state index contributed by atoms with van der Waals surface area (Å²) < 4.78 is 0. The Hall–Kier alpha value is -5.85. The van der Waals surface area contributed by atoms with Crippen molar-refractivity contribution in [1.82, 2.24) is 45.0 Å². The molecular weight excluding hydrogens is 598 g/mol. The van der Waals surface area contributed by atoms with Gasteiger partial charge in [0, 0.05) is 12.0 Å². The summed E-state index contributed by atoms with van der Waals surface area (Å²) in [7, 11) is 0. The van der Waals surface area contributed by atoms with Gasteiger partial charge in [0.15, 0.2) is 40.1 Å². The maximum absolute atomic E-state index is 12.6. The number of rotatable bonds is 10. The zero-order valence-electron chi connectivity index (χ0n) is 26.2. The molecule has 7 aromatic rings. The van der Waals surface area contributed by atoms with Gasteiger partial charge < -0.3 is 15.3 Å². The average molecular weight is 632 g/mol. The second-order valence-corrected chi connectivity index (χ2v) is 11.6. The van der Waals surface area contributed by atoms with Crippen LogP contribution in [0.1, 0.15) is 67.9 Å². The Morgan fingerprint density at radius 3 is 1.32 bits per heavy atom. The Balaban J connectivity index is 1.46. The first-order valence-corrected chi connectivity index (χ1v) is 15.7. The summed E-state index contributed by atoms with van der Waals surface area (Å²) in [6.07, 6.45) is 4.72. The molecule has 13 nitrogen and oxygen atoms in total. The molecule has 3 N–H and O–H groups in total. The van der Waals surface area contributed by atoms with E-state index in [4.69, 9.17) is 0 Å². The van der Waals surface area contributed by atoms with Crippen molar-refractivity contribution in [3.05, 3.63) is 71.3 Å². The van der Waals surface area contributed by atoms with E-state index in [1.165, 1.54) is 0 Å². The monoisotopic (exact) mass is 631 g/mol. The molecule has 13 heteroatoms. The molecule has 4 aromatic carbocycles. The van der Waals surface area contributed by atoms with Crippen molar-refractivity contribution >= 4 is 38.9 Å². The zero-order chi connectivity index (χ0) is 32.8. The Morgan fingerprint density at radius 1 is 0.532 bits per heavy atom. The lowest BCUT2D eigenvalue weighted by Crippen LogP contribution is -2.10. The van der Waals surface area contributed by atoms with Gasteiger partial charge in [-0.1, -0.05) is 45.7 Å². The highest BCUT2D eigenvalue weighted by atomic mass is 16.3. The fraction of sp³-hybridized carbons (Fsp3) is 0.265. The number of phenolic OH excluding ortho intramolecular Hbond substituents is 3. The van der Waals surface area contributed by atoms with E-state index >= 15 is 0 Å². The van der Waals surface area contributed by atoms with Crippen molar-refractivity contribution in [2.45, 2.75) is 59.3 Å². The third kappa shape index (κ3) is 5.19. The minimum absolute atomic E-state index is 0.0262. The highest BCUT2D eigenvalue weighted by Crippen LogP contribution is 2.47. The van der Waals surface area contributed by atoms with E-state index in [9.17, 15) is 20.1 Å². The van der Waals surface area contributed by atoms with E-state index < -0.39 is 17.2 Å². The molecule has 0 aliphatic heterocycles. The molecule has 0 aliphatic carbocycles. The second kappa shape index (κ2) is 11.8. The number of Topliss-reactive ketones (excluding diaryl/α,β-unsaturated/α-hetero) is 1. The van der Waals surface area contributed by atoms with Crippen molar-refractivity contribution in [2.24, 2.45) is 0 Å². The van der Waals surface area contributed by atoms with Gasteiger partial charge in [-0.25, -0.2) is 0 Å². The van der Waals surface area contributed by atoms with Crippen molar-refractivity contribution in [2.75, 3.05) is 0 Å². The topological polar surface area (TPSA) is 170 Å². The molecule has 0 spiro atoms. The molecule has 3 heterocycles. The number of ketones is 1. The van der Waals surface area contributed by atoms with E-state index in [1.807, 2.05) is 43.3 Å². The number of nitrogens with zero attached hydrogens (tertiary/aromatic N) is 9. The molecule has 0 atom stereocenters. The van der Waals surface area contributed by atoms with E-state index in [1.54, 1.807) is 18.2 Å². The summed E-state index contributed by atoms with van der Waals surface area (Å²) in [6, 6.07) is 16.4. The highest BCUT2D eigenvalue weighted by molar-refractivity contribution is 5.98. The summed E-state index contributed by atoms with van der Waals surface area (Å²) in [5.41, 5.74) is 4.92. The quantitative estimate of drug-likeness (QED) is 0.155. The number of hydrogen-bond acceptors (Lipinski definition) is 10. The van der Waals surface area contributed by atoms with Crippen LogP contribution < -0.4 is 0 Å². The van der Waals surface area contributed by atoms with Crippen molar-refractivity contribution in [3.63, 3.8) is 0 Å². The second-order valence-electron chi connectivity index (χ2n) is 11.6. The van der Waals surface area contributed by atoms with Gasteiger partial charge in [-0.15, -0.1) is 45.0 Å². The Kier molecular flexibility index (Phi) is 7.51. The van der Waals surface area contributed by atoms with Crippen LogP contribution in [-0.2, 0) is 12.8 Å². The number of phenols is 3. The maximum atomic E-state index is 12.6. The lowest BCUT2D eigenvalue weighted by molar-refractivity contribution is 0.0982. The smallest absolute Gasteiger partial charge is 0.179 e. The minimum Gasteiger partial charge on any atom is -0.504 e. The molecule has 238 valence electrons. The van der Waals surface area contributed by atoms with Crippen molar-refractivity contribution in [3.8, 4) is 34.3 Å². The van der Waals surface area contributed by atoms with Crippen LogP contribution in [0, 0.1) is 0 Å². The molecule has 0 amide bonds. The van der Waals surface area contributed by atoms with Crippen LogP contribution in [-0.4, -0.2) is 66.1 Å². The number of carbonyl (C=O) groups excluding carboxylic acids is 1. The molecular formula is C34H33N9O4. The van der Waals surface area contributed by atoms with Gasteiger partial charge in [0.05, 0.1) is 0 Å². The lowest BCUT2D eigenvalue weighted by Gasteiger charge is -2.16. The van der Waals surface area contributed by atoms with Crippen molar-refractivity contribution in [1.29, 1.82) is 0 Å². The maximum Gasteiger partial charge on any atom is 0.179 e. The first-order valence-electron chi connectivity index (χ1n) is 15.7. The number of benzene rings is 4. The molecule has 0 unspecified atom stereocenters. The third-order valence-corrected chi connectivity index (χ3v) is 8.09. The summed E-state index contributed by atoms with van der Waals surface area (Å²) >= 11 is 0. The molecule has 47 heavy (non-hydrogen) atoms. The van der Waals surface area contributed by atoms with Gasteiger partial charge in [-0.2, -0.15) is 0 Å². The van der Waals surface area contributed by atoms with Gasteiger partial charge >= 0.3 is 0 Å². The molecule has 0 saturated heterocycles. The first kappa shape index (κ1) is 29.8. The van der Waals surface area contributed by atoms with Crippen LogP contribution in [0.3, 0.4) is 0 Å². The lowest BCUT2D eigenvalue weighted by atomic mass is 10.1. The van der Waals surface area contributed by atoms with Crippen LogP contribution in [0.4, 0.5) is 0 Å². The molecule has 7 rings (SSSR count). The fourth-order valence-corrected chi connectivity index (χ4v) is 5.81.